The van der Waals surface area contributed by atoms with Crippen LogP contribution in [0.5, 0.6) is 0 Å². The molecule has 4 bridgehead atoms. The molecule has 0 radical (unpaired) electrons. The fourth-order valence-corrected chi connectivity index (χ4v) is 5.10. The quantitative estimate of drug-likeness (QED) is 0.607. The Morgan fingerprint density at radius 2 is 1.88 bits per heavy atom. The van der Waals surface area contributed by atoms with Gasteiger partial charge in [-0.15, -0.1) is 0 Å². The molecule has 0 saturated heterocycles. The molecular weight excluding hydrogens is 196 g/mol. The molecule has 0 unspecified atom stereocenters. The van der Waals surface area contributed by atoms with E-state index in [4.69, 9.17) is 0 Å². The molecule has 1 nitrogen and oxygen atoms in total. The van der Waals surface area contributed by atoms with Crippen molar-refractivity contribution >= 4 is 5.78 Å². The lowest BCUT2D eigenvalue weighted by Gasteiger charge is -2.64. The normalized spacial score (nSPS) is 49.1. The van der Waals surface area contributed by atoms with Gasteiger partial charge >= 0.3 is 0 Å². The summed E-state index contributed by atoms with van der Waals surface area (Å²) in [5.41, 5.74) is 2.01. The topological polar surface area (TPSA) is 17.1 Å². The second-order valence-electron chi connectivity index (χ2n) is 7.12. The lowest BCUT2D eigenvalue weighted by Crippen LogP contribution is -2.63. The van der Waals surface area contributed by atoms with Crippen LogP contribution in [-0.2, 0) is 4.79 Å². The number of carbonyl (C=O) groups is 1. The highest BCUT2D eigenvalue weighted by Gasteiger charge is 2.67. The zero-order valence-electron chi connectivity index (χ0n) is 10.8. The van der Waals surface area contributed by atoms with Gasteiger partial charge in [-0.3, -0.25) is 4.79 Å². The molecule has 0 aromatic carbocycles. The van der Waals surface area contributed by atoms with Gasteiger partial charge in [0.15, 0.2) is 5.78 Å². The van der Waals surface area contributed by atoms with Gasteiger partial charge in [-0.25, -0.2) is 0 Å². The molecule has 4 aliphatic rings. The first-order valence-electron chi connectivity index (χ1n) is 6.60. The van der Waals surface area contributed by atoms with Crippen molar-refractivity contribution < 1.29 is 4.79 Å². The number of hydrogen-bond acceptors (Lipinski definition) is 1. The fourth-order valence-electron chi connectivity index (χ4n) is 5.10. The molecular formula is C15H22O. The van der Waals surface area contributed by atoms with Crippen molar-refractivity contribution in [2.24, 2.45) is 28.6 Å². The molecule has 2 saturated carbocycles. The average molecular weight is 218 g/mol. The Kier molecular flexibility index (Phi) is 1.85. The van der Waals surface area contributed by atoms with Crippen LogP contribution in [0.1, 0.15) is 47.0 Å². The van der Waals surface area contributed by atoms with Gasteiger partial charge < -0.3 is 0 Å². The van der Waals surface area contributed by atoms with Gasteiger partial charge in [0, 0.05) is 5.92 Å². The van der Waals surface area contributed by atoms with Crippen LogP contribution >= 0.6 is 0 Å². The van der Waals surface area contributed by atoms with Crippen molar-refractivity contribution in [2.75, 3.05) is 0 Å². The standard InChI is InChI=1S/C15H22O/c1-9-8-10(16)12-13-11(9)15(12,4)7-5-6-14(13,2)3/h8,11-13H,5-7H2,1-4H3/t11-,12+,13-,15+/m0/s1. The Morgan fingerprint density at radius 3 is 2.50 bits per heavy atom. The number of fused-ring (bicyclic) bond motifs is 1. The maximum atomic E-state index is 12.2. The van der Waals surface area contributed by atoms with E-state index in [-0.39, 0.29) is 0 Å². The van der Waals surface area contributed by atoms with Gasteiger partial charge in [0.1, 0.15) is 0 Å². The van der Waals surface area contributed by atoms with Crippen molar-refractivity contribution in [2.45, 2.75) is 47.0 Å². The van der Waals surface area contributed by atoms with Gasteiger partial charge in [0.25, 0.3) is 0 Å². The Bertz CT molecular complexity index is 390. The van der Waals surface area contributed by atoms with Gasteiger partial charge in [-0.2, -0.15) is 0 Å². The van der Waals surface area contributed by atoms with E-state index in [1.807, 2.05) is 6.08 Å². The SMILES string of the molecule is CC1=CC(=O)[C@@H]2[C@@H]3[C@H]1[C@@]2(C)CCCC3(C)C. The van der Waals surface area contributed by atoms with Gasteiger partial charge in [0.2, 0.25) is 0 Å². The molecule has 0 N–H and O–H groups in total. The predicted molar refractivity (Wildman–Crippen MR) is 65.0 cm³/mol. The highest BCUT2D eigenvalue weighted by Crippen LogP contribution is 2.71. The fraction of sp³-hybridized carbons (Fsp3) is 0.800. The second kappa shape index (κ2) is 2.80. The Balaban J connectivity index is 2.13. The number of hydrogen-bond donors (Lipinski definition) is 0. The van der Waals surface area contributed by atoms with Crippen LogP contribution in [0.15, 0.2) is 11.6 Å². The Hall–Kier alpha value is -0.590. The average Bonchev–Trinajstić information content (AvgIpc) is 2.28. The minimum atomic E-state index is 0.300. The number of carbonyl (C=O) groups excluding carboxylic acids is 1. The van der Waals surface area contributed by atoms with Gasteiger partial charge in [-0.1, -0.05) is 32.8 Å². The first-order chi connectivity index (χ1) is 7.38. The maximum absolute atomic E-state index is 12.2. The summed E-state index contributed by atoms with van der Waals surface area (Å²) in [6.07, 6.45) is 5.77. The first-order valence-corrected chi connectivity index (χ1v) is 6.60. The van der Waals surface area contributed by atoms with Crippen LogP contribution in [0.3, 0.4) is 0 Å². The Morgan fingerprint density at radius 1 is 1.19 bits per heavy atom. The molecule has 88 valence electrons. The van der Waals surface area contributed by atoms with E-state index in [1.165, 1.54) is 24.8 Å². The van der Waals surface area contributed by atoms with Crippen LogP contribution in [0.2, 0.25) is 0 Å². The largest absolute Gasteiger partial charge is 0.295 e. The van der Waals surface area contributed by atoms with Crippen molar-refractivity contribution in [3.8, 4) is 0 Å². The monoisotopic (exact) mass is 218 g/mol. The summed E-state index contributed by atoms with van der Waals surface area (Å²) in [6, 6.07) is 0. The molecule has 16 heavy (non-hydrogen) atoms. The summed E-state index contributed by atoms with van der Waals surface area (Å²) in [4.78, 5) is 12.2. The van der Waals surface area contributed by atoms with Crippen molar-refractivity contribution in [3.63, 3.8) is 0 Å². The minimum Gasteiger partial charge on any atom is -0.295 e. The van der Waals surface area contributed by atoms with E-state index in [9.17, 15) is 4.79 Å². The molecule has 0 heterocycles. The molecule has 2 fully saturated rings. The summed E-state index contributed by atoms with van der Waals surface area (Å²) >= 11 is 0. The molecule has 0 aliphatic heterocycles. The van der Waals surface area contributed by atoms with Gasteiger partial charge in [-0.05, 0) is 48.5 Å². The van der Waals surface area contributed by atoms with E-state index in [0.717, 1.165) is 0 Å². The smallest absolute Gasteiger partial charge is 0.159 e. The summed E-state index contributed by atoms with van der Waals surface area (Å²) in [7, 11) is 0. The zero-order valence-corrected chi connectivity index (χ0v) is 10.8. The lowest BCUT2D eigenvalue weighted by atomic mass is 9.38. The molecule has 1 heteroatoms. The summed E-state index contributed by atoms with van der Waals surface area (Å²) < 4.78 is 0. The van der Waals surface area contributed by atoms with E-state index < -0.39 is 0 Å². The third kappa shape index (κ3) is 1.00. The van der Waals surface area contributed by atoms with Crippen LogP contribution in [0.25, 0.3) is 0 Å². The summed E-state index contributed by atoms with van der Waals surface area (Å²) in [5, 5.41) is 0. The van der Waals surface area contributed by atoms with Crippen molar-refractivity contribution in [3.05, 3.63) is 11.6 Å². The molecule has 0 aromatic heterocycles. The molecule has 4 rings (SSSR count). The second-order valence-corrected chi connectivity index (χ2v) is 7.12. The zero-order chi connectivity index (χ0) is 11.7. The molecule has 0 aromatic rings. The number of rotatable bonds is 0. The van der Waals surface area contributed by atoms with E-state index >= 15 is 0 Å². The third-order valence-electron chi connectivity index (χ3n) is 5.75. The van der Waals surface area contributed by atoms with E-state index in [0.29, 0.717) is 34.4 Å². The number of allylic oxidation sites excluding steroid dienone is 2. The summed E-state index contributed by atoms with van der Waals surface area (Å²) in [5.74, 6) is 2.06. The molecule has 4 aliphatic carbocycles. The maximum Gasteiger partial charge on any atom is 0.159 e. The Labute approximate surface area is 98.3 Å². The van der Waals surface area contributed by atoms with E-state index in [2.05, 4.69) is 27.7 Å². The van der Waals surface area contributed by atoms with Crippen molar-refractivity contribution in [1.82, 2.24) is 0 Å². The minimum absolute atomic E-state index is 0.300. The molecule has 0 spiro atoms. The number of ketones is 1. The highest BCUT2D eigenvalue weighted by molar-refractivity contribution is 5.96. The third-order valence-corrected chi connectivity index (χ3v) is 5.75. The molecule has 0 amide bonds. The summed E-state index contributed by atoms with van der Waals surface area (Å²) in [6.45, 7) is 9.27. The molecule has 4 atom stereocenters. The lowest BCUT2D eigenvalue weighted by molar-refractivity contribution is -0.164. The van der Waals surface area contributed by atoms with E-state index in [1.54, 1.807) is 0 Å². The highest BCUT2D eigenvalue weighted by atomic mass is 16.1. The first kappa shape index (κ1) is 10.6. The van der Waals surface area contributed by atoms with Gasteiger partial charge in [0.05, 0.1) is 0 Å². The van der Waals surface area contributed by atoms with Crippen LogP contribution in [-0.4, -0.2) is 5.78 Å². The predicted octanol–water partition coefficient (Wildman–Crippen LogP) is 3.59. The van der Waals surface area contributed by atoms with Crippen molar-refractivity contribution in [1.29, 1.82) is 0 Å². The van der Waals surface area contributed by atoms with Crippen LogP contribution in [0, 0.1) is 28.6 Å². The van der Waals surface area contributed by atoms with Crippen LogP contribution < -0.4 is 0 Å². The van der Waals surface area contributed by atoms with Crippen LogP contribution in [0.4, 0.5) is 0 Å².